The Morgan fingerprint density at radius 3 is 2.75 bits per heavy atom. The zero-order chi connectivity index (χ0) is 14.7. The number of nitrogens with two attached hydrogens (primary N) is 1. The fourth-order valence-electron chi connectivity index (χ4n) is 3.08. The molecule has 0 saturated heterocycles. The Balaban J connectivity index is 2.22. The fraction of sp³-hybridized carbons (Fsp3) is 0.562. The minimum absolute atomic E-state index is 0.350. The van der Waals surface area contributed by atoms with Gasteiger partial charge >= 0.3 is 5.97 Å². The minimum atomic E-state index is -0.350. The maximum absolute atomic E-state index is 11.8. The van der Waals surface area contributed by atoms with Crippen molar-refractivity contribution in [2.45, 2.75) is 39.2 Å². The highest BCUT2D eigenvalue weighted by atomic mass is 16.5. The number of benzene rings is 1. The van der Waals surface area contributed by atoms with Gasteiger partial charge in [0.15, 0.2) is 0 Å². The highest BCUT2D eigenvalue weighted by Crippen LogP contribution is 2.33. The third kappa shape index (κ3) is 3.06. The molecule has 20 heavy (non-hydrogen) atoms. The molecule has 0 amide bonds. The third-order valence-electron chi connectivity index (χ3n) is 4.26. The number of para-hydroxylation sites is 1. The van der Waals surface area contributed by atoms with E-state index in [0.29, 0.717) is 28.9 Å². The molecule has 1 aromatic rings. The summed E-state index contributed by atoms with van der Waals surface area (Å²) >= 11 is 0. The Hall–Kier alpha value is -1.71. The van der Waals surface area contributed by atoms with Gasteiger partial charge in [-0.2, -0.15) is 0 Å². The van der Waals surface area contributed by atoms with E-state index in [0.717, 1.165) is 12.3 Å². The number of carbonyl (C=O) groups is 1. The molecular formula is C16H24N2O2. The van der Waals surface area contributed by atoms with Crippen LogP contribution >= 0.6 is 0 Å². The summed E-state index contributed by atoms with van der Waals surface area (Å²) in [5.41, 5.74) is 7.86. The Labute approximate surface area is 120 Å². The van der Waals surface area contributed by atoms with Crippen LogP contribution in [0.2, 0.25) is 0 Å². The smallest absolute Gasteiger partial charge is 0.340 e. The summed E-state index contributed by atoms with van der Waals surface area (Å²) in [6, 6.07) is 5.70. The molecule has 1 aliphatic carbocycles. The first-order valence-electron chi connectivity index (χ1n) is 7.26. The van der Waals surface area contributed by atoms with Crippen molar-refractivity contribution in [3.63, 3.8) is 0 Å². The first kappa shape index (κ1) is 14.7. The second kappa shape index (κ2) is 6.16. The van der Waals surface area contributed by atoms with Crippen molar-refractivity contribution in [1.82, 2.24) is 0 Å². The molecule has 1 aromatic carbocycles. The van der Waals surface area contributed by atoms with Gasteiger partial charge in [-0.3, -0.25) is 0 Å². The lowest BCUT2D eigenvalue weighted by Crippen LogP contribution is -2.33. The molecule has 0 radical (unpaired) electrons. The molecule has 4 heteroatoms. The van der Waals surface area contributed by atoms with Crippen LogP contribution < -0.4 is 11.1 Å². The number of hydrogen-bond acceptors (Lipinski definition) is 4. The van der Waals surface area contributed by atoms with Gasteiger partial charge in [0.1, 0.15) is 0 Å². The van der Waals surface area contributed by atoms with Crippen LogP contribution in [0.3, 0.4) is 0 Å². The molecule has 2 rings (SSSR count). The Bertz CT molecular complexity index is 487. The van der Waals surface area contributed by atoms with E-state index in [1.165, 1.54) is 20.0 Å². The largest absolute Gasteiger partial charge is 0.465 e. The van der Waals surface area contributed by atoms with Gasteiger partial charge in [0.05, 0.1) is 24.0 Å². The van der Waals surface area contributed by atoms with Crippen molar-refractivity contribution < 1.29 is 9.53 Å². The maximum atomic E-state index is 11.8. The number of nitrogen functional groups attached to an aromatic ring is 1. The number of ether oxygens (including phenoxy) is 1. The van der Waals surface area contributed by atoms with Crippen molar-refractivity contribution in [1.29, 1.82) is 0 Å². The van der Waals surface area contributed by atoms with Crippen LogP contribution in [0.15, 0.2) is 18.2 Å². The van der Waals surface area contributed by atoms with E-state index in [-0.39, 0.29) is 5.97 Å². The SMILES string of the molecule is COC(=O)c1cccc(N)c1NC1CCC(C)CC1C. The number of anilines is 2. The van der Waals surface area contributed by atoms with Crippen molar-refractivity contribution in [3.8, 4) is 0 Å². The van der Waals surface area contributed by atoms with E-state index in [9.17, 15) is 4.79 Å². The molecule has 110 valence electrons. The molecular weight excluding hydrogens is 252 g/mol. The summed E-state index contributed by atoms with van der Waals surface area (Å²) in [5.74, 6) is 0.997. The van der Waals surface area contributed by atoms with Crippen molar-refractivity contribution in [3.05, 3.63) is 23.8 Å². The number of hydrogen-bond donors (Lipinski definition) is 2. The first-order chi connectivity index (χ1) is 9.52. The van der Waals surface area contributed by atoms with Crippen molar-refractivity contribution in [2.24, 2.45) is 11.8 Å². The van der Waals surface area contributed by atoms with Crippen LogP contribution in [-0.2, 0) is 4.74 Å². The zero-order valence-electron chi connectivity index (χ0n) is 12.5. The average Bonchev–Trinajstić information content (AvgIpc) is 2.42. The number of nitrogens with one attached hydrogen (secondary N) is 1. The molecule has 1 saturated carbocycles. The summed E-state index contributed by atoms with van der Waals surface area (Å²) in [4.78, 5) is 11.8. The van der Waals surface area contributed by atoms with Gasteiger partial charge in [-0.1, -0.05) is 19.9 Å². The van der Waals surface area contributed by atoms with Crippen LogP contribution in [0.1, 0.15) is 43.5 Å². The standard InChI is InChI=1S/C16H24N2O2/c1-10-7-8-14(11(2)9-10)18-15-12(16(19)20-3)5-4-6-13(15)17/h4-6,10-11,14,18H,7-9,17H2,1-3H3. The Morgan fingerprint density at radius 2 is 2.10 bits per heavy atom. The second-order valence-corrected chi connectivity index (χ2v) is 5.91. The van der Waals surface area contributed by atoms with Gasteiger partial charge in [-0.05, 0) is 43.2 Å². The fourth-order valence-corrected chi connectivity index (χ4v) is 3.08. The monoisotopic (exact) mass is 276 g/mol. The maximum Gasteiger partial charge on any atom is 0.340 e. The van der Waals surface area contributed by atoms with Gasteiger partial charge in [-0.15, -0.1) is 0 Å². The van der Waals surface area contributed by atoms with E-state index in [2.05, 4.69) is 19.2 Å². The van der Waals surface area contributed by atoms with Gasteiger partial charge in [0, 0.05) is 6.04 Å². The summed E-state index contributed by atoms with van der Waals surface area (Å²) < 4.78 is 4.83. The predicted molar refractivity (Wildman–Crippen MR) is 81.8 cm³/mol. The minimum Gasteiger partial charge on any atom is -0.465 e. The van der Waals surface area contributed by atoms with Crippen molar-refractivity contribution in [2.75, 3.05) is 18.2 Å². The summed E-state index contributed by atoms with van der Waals surface area (Å²) in [6.07, 6.45) is 3.53. The highest BCUT2D eigenvalue weighted by Gasteiger charge is 2.27. The molecule has 3 N–H and O–H groups in total. The summed E-state index contributed by atoms with van der Waals surface area (Å²) in [5, 5.41) is 3.48. The molecule has 0 aliphatic heterocycles. The molecule has 4 nitrogen and oxygen atoms in total. The lowest BCUT2D eigenvalue weighted by molar-refractivity contribution is 0.0601. The molecule has 1 fully saturated rings. The van der Waals surface area contributed by atoms with E-state index in [1.807, 2.05) is 6.07 Å². The second-order valence-electron chi connectivity index (χ2n) is 5.91. The van der Waals surface area contributed by atoms with E-state index >= 15 is 0 Å². The average molecular weight is 276 g/mol. The number of rotatable bonds is 3. The van der Waals surface area contributed by atoms with Crippen molar-refractivity contribution >= 4 is 17.3 Å². The molecule has 1 aliphatic rings. The summed E-state index contributed by atoms with van der Waals surface area (Å²) in [7, 11) is 1.39. The quantitative estimate of drug-likeness (QED) is 0.657. The van der Waals surface area contributed by atoms with E-state index < -0.39 is 0 Å². The normalized spacial score (nSPS) is 26.1. The highest BCUT2D eigenvalue weighted by molar-refractivity contribution is 5.98. The van der Waals surface area contributed by atoms with Crippen LogP contribution in [0.5, 0.6) is 0 Å². The predicted octanol–water partition coefficient (Wildman–Crippen LogP) is 3.29. The molecule has 3 unspecified atom stereocenters. The number of esters is 1. The Morgan fingerprint density at radius 1 is 1.35 bits per heavy atom. The van der Waals surface area contributed by atoms with Crippen LogP contribution in [0, 0.1) is 11.8 Å². The van der Waals surface area contributed by atoms with Gasteiger partial charge in [-0.25, -0.2) is 4.79 Å². The van der Waals surface area contributed by atoms with Gasteiger partial charge < -0.3 is 15.8 Å². The molecule has 0 bridgehead atoms. The van der Waals surface area contributed by atoms with Crippen LogP contribution in [0.25, 0.3) is 0 Å². The number of methoxy groups -OCH3 is 1. The summed E-state index contributed by atoms with van der Waals surface area (Å²) in [6.45, 7) is 4.55. The molecule has 0 spiro atoms. The van der Waals surface area contributed by atoms with E-state index in [4.69, 9.17) is 10.5 Å². The van der Waals surface area contributed by atoms with E-state index in [1.54, 1.807) is 12.1 Å². The zero-order valence-corrected chi connectivity index (χ0v) is 12.5. The first-order valence-corrected chi connectivity index (χ1v) is 7.26. The van der Waals surface area contributed by atoms with Gasteiger partial charge in [0.25, 0.3) is 0 Å². The molecule has 0 heterocycles. The number of carbonyl (C=O) groups excluding carboxylic acids is 1. The Kier molecular flexibility index (Phi) is 4.53. The van der Waals surface area contributed by atoms with Crippen LogP contribution in [-0.4, -0.2) is 19.1 Å². The molecule has 0 aromatic heterocycles. The third-order valence-corrected chi connectivity index (χ3v) is 4.26. The topological polar surface area (TPSA) is 64.3 Å². The van der Waals surface area contributed by atoms with Gasteiger partial charge in [0.2, 0.25) is 0 Å². The van der Waals surface area contributed by atoms with Crippen LogP contribution in [0.4, 0.5) is 11.4 Å². The lowest BCUT2D eigenvalue weighted by Gasteiger charge is -2.34. The molecule has 3 atom stereocenters. The lowest BCUT2D eigenvalue weighted by atomic mass is 9.79.